The van der Waals surface area contributed by atoms with Crippen molar-refractivity contribution in [3.8, 4) is 0 Å². The SMILES string of the molecule is CC1(Cn2c(SCC(=O)O)n[nH]c2=O)CCOCC1. The van der Waals surface area contributed by atoms with E-state index in [-0.39, 0.29) is 16.9 Å². The number of aromatic amines is 1. The number of ether oxygens (including phenoxy) is 1. The van der Waals surface area contributed by atoms with Gasteiger partial charge in [-0.15, -0.1) is 5.10 Å². The molecular formula is C11H17N3O4S. The number of rotatable bonds is 5. The maximum absolute atomic E-state index is 11.8. The molecule has 1 fully saturated rings. The van der Waals surface area contributed by atoms with Crippen molar-refractivity contribution < 1.29 is 14.6 Å². The van der Waals surface area contributed by atoms with E-state index in [1.54, 1.807) is 0 Å². The Labute approximate surface area is 114 Å². The third-order valence-corrected chi connectivity index (χ3v) is 4.25. The fraction of sp³-hybridized carbons (Fsp3) is 0.727. The number of carbonyl (C=O) groups is 1. The maximum atomic E-state index is 11.8. The van der Waals surface area contributed by atoms with E-state index in [9.17, 15) is 9.59 Å². The quantitative estimate of drug-likeness (QED) is 0.768. The Morgan fingerprint density at radius 1 is 1.58 bits per heavy atom. The number of nitrogens with one attached hydrogen (secondary N) is 1. The van der Waals surface area contributed by atoms with Crippen molar-refractivity contribution in [1.29, 1.82) is 0 Å². The van der Waals surface area contributed by atoms with Gasteiger partial charge in [-0.3, -0.25) is 9.36 Å². The van der Waals surface area contributed by atoms with Crippen LogP contribution >= 0.6 is 11.8 Å². The first-order valence-electron chi connectivity index (χ1n) is 6.08. The van der Waals surface area contributed by atoms with Crippen LogP contribution < -0.4 is 5.69 Å². The van der Waals surface area contributed by atoms with Gasteiger partial charge in [0.05, 0.1) is 5.75 Å². The number of H-pyrrole nitrogens is 1. The van der Waals surface area contributed by atoms with Gasteiger partial charge < -0.3 is 9.84 Å². The topological polar surface area (TPSA) is 97.2 Å². The first-order valence-corrected chi connectivity index (χ1v) is 7.06. The third-order valence-electron chi connectivity index (χ3n) is 3.29. The lowest BCUT2D eigenvalue weighted by Crippen LogP contribution is -2.34. The second kappa shape index (κ2) is 5.79. The van der Waals surface area contributed by atoms with Crippen molar-refractivity contribution >= 4 is 17.7 Å². The standard InChI is InChI=1S/C11H17N3O4S/c1-11(2-4-18-5-3-11)7-14-9(17)12-13-10(14)19-6-8(15)16/h2-7H2,1H3,(H,12,17)(H,15,16). The highest BCUT2D eigenvalue weighted by atomic mass is 32.2. The molecule has 1 aromatic heterocycles. The van der Waals surface area contributed by atoms with E-state index in [4.69, 9.17) is 9.84 Å². The van der Waals surface area contributed by atoms with Gasteiger partial charge >= 0.3 is 11.7 Å². The average molecular weight is 287 g/mol. The lowest BCUT2D eigenvalue weighted by Gasteiger charge is -2.33. The van der Waals surface area contributed by atoms with E-state index in [2.05, 4.69) is 17.1 Å². The summed E-state index contributed by atoms with van der Waals surface area (Å²) in [7, 11) is 0. The van der Waals surface area contributed by atoms with Gasteiger partial charge in [-0.2, -0.15) is 0 Å². The van der Waals surface area contributed by atoms with Gasteiger partial charge in [0, 0.05) is 19.8 Å². The molecule has 1 aliphatic rings. The van der Waals surface area contributed by atoms with Crippen molar-refractivity contribution in [3.63, 3.8) is 0 Å². The minimum absolute atomic E-state index is 0.00944. The highest BCUT2D eigenvalue weighted by molar-refractivity contribution is 7.99. The molecule has 0 unspecified atom stereocenters. The smallest absolute Gasteiger partial charge is 0.343 e. The van der Waals surface area contributed by atoms with Gasteiger partial charge in [0.15, 0.2) is 5.16 Å². The molecule has 2 rings (SSSR count). The summed E-state index contributed by atoms with van der Waals surface area (Å²) in [5, 5.41) is 15.4. The molecule has 2 heterocycles. The molecule has 0 aromatic carbocycles. The van der Waals surface area contributed by atoms with Crippen molar-refractivity contribution in [2.75, 3.05) is 19.0 Å². The second-order valence-electron chi connectivity index (χ2n) is 5.00. The predicted molar refractivity (Wildman–Crippen MR) is 69.4 cm³/mol. The van der Waals surface area contributed by atoms with Crippen LogP contribution in [0.4, 0.5) is 0 Å². The molecule has 8 heteroatoms. The van der Waals surface area contributed by atoms with Crippen LogP contribution in [-0.4, -0.2) is 44.8 Å². The van der Waals surface area contributed by atoms with Crippen LogP contribution in [0, 0.1) is 5.41 Å². The Balaban J connectivity index is 2.12. The molecule has 0 bridgehead atoms. The molecule has 0 aliphatic carbocycles. The Bertz CT molecular complexity index is 504. The molecule has 0 saturated carbocycles. The highest BCUT2D eigenvalue weighted by Crippen LogP contribution is 2.32. The predicted octanol–water partition coefficient (Wildman–Crippen LogP) is 0.565. The third kappa shape index (κ3) is 3.60. The van der Waals surface area contributed by atoms with Gasteiger partial charge in [-0.05, 0) is 18.3 Å². The van der Waals surface area contributed by atoms with E-state index in [0.29, 0.717) is 24.9 Å². The Morgan fingerprint density at radius 2 is 2.26 bits per heavy atom. The van der Waals surface area contributed by atoms with E-state index in [1.807, 2.05) is 0 Å². The van der Waals surface area contributed by atoms with Crippen molar-refractivity contribution in [1.82, 2.24) is 14.8 Å². The van der Waals surface area contributed by atoms with E-state index < -0.39 is 5.97 Å². The molecule has 0 amide bonds. The summed E-state index contributed by atoms with van der Waals surface area (Å²) in [6.07, 6.45) is 1.77. The van der Waals surface area contributed by atoms with Crippen LogP contribution in [0.3, 0.4) is 0 Å². The van der Waals surface area contributed by atoms with Gasteiger partial charge in [-0.1, -0.05) is 18.7 Å². The second-order valence-corrected chi connectivity index (χ2v) is 5.95. The minimum atomic E-state index is -0.927. The van der Waals surface area contributed by atoms with E-state index in [1.165, 1.54) is 4.57 Å². The number of hydrogen-bond acceptors (Lipinski definition) is 5. The molecule has 106 valence electrons. The number of aromatic nitrogens is 3. The zero-order valence-electron chi connectivity index (χ0n) is 10.7. The van der Waals surface area contributed by atoms with Crippen LogP contribution in [-0.2, 0) is 16.1 Å². The normalized spacial score (nSPS) is 18.4. The van der Waals surface area contributed by atoms with Gasteiger partial charge in [0.1, 0.15) is 0 Å². The fourth-order valence-corrected chi connectivity index (χ4v) is 2.75. The van der Waals surface area contributed by atoms with Crippen LogP contribution in [0.5, 0.6) is 0 Å². The maximum Gasteiger partial charge on any atom is 0.343 e. The minimum Gasteiger partial charge on any atom is -0.481 e. The monoisotopic (exact) mass is 287 g/mol. The number of thioether (sulfide) groups is 1. The summed E-state index contributed by atoms with van der Waals surface area (Å²) in [5.74, 6) is -1.03. The summed E-state index contributed by atoms with van der Waals surface area (Å²) in [6, 6.07) is 0. The van der Waals surface area contributed by atoms with Crippen molar-refractivity contribution in [2.24, 2.45) is 5.41 Å². The Morgan fingerprint density at radius 3 is 2.89 bits per heavy atom. The lowest BCUT2D eigenvalue weighted by molar-refractivity contribution is -0.133. The zero-order valence-corrected chi connectivity index (χ0v) is 11.5. The van der Waals surface area contributed by atoms with Crippen LogP contribution in [0.15, 0.2) is 9.95 Å². The first kappa shape index (κ1) is 14.1. The van der Waals surface area contributed by atoms with Gasteiger partial charge in [0.25, 0.3) is 0 Å². The first-order chi connectivity index (χ1) is 9.00. The summed E-state index contributed by atoms with van der Waals surface area (Å²) in [4.78, 5) is 22.3. The van der Waals surface area contributed by atoms with Gasteiger partial charge in [-0.25, -0.2) is 9.89 Å². The molecule has 19 heavy (non-hydrogen) atoms. The Hall–Kier alpha value is -1.28. The molecule has 0 spiro atoms. The summed E-state index contributed by atoms with van der Waals surface area (Å²) < 4.78 is 6.86. The molecule has 1 saturated heterocycles. The highest BCUT2D eigenvalue weighted by Gasteiger charge is 2.29. The van der Waals surface area contributed by atoms with E-state index in [0.717, 1.165) is 24.6 Å². The average Bonchev–Trinajstić information content (AvgIpc) is 2.69. The summed E-state index contributed by atoms with van der Waals surface area (Å²) in [6.45, 7) is 4.04. The lowest BCUT2D eigenvalue weighted by atomic mass is 9.82. The molecule has 0 radical (unpaired) electrons. The Kier molecular flexibility index (Phi) is 4.31. The van der Waals surface area contributed by atoms with Crippen molar-refractivity contribution in [3.05, 3.63) is 10.5 Å². The molecule has 1 aliphatic heterocycles. The number of aliphatic carboxylic acids is 1. The molecule has 1 aromatic rings. The van der Waals surface area contributed by atoms with Crippen LogP contribution in [0.1, 0.15) is 19.8 Å². The van der Waals surface area contributed by atoms with Crippen molar-refractivity contribution in [2.45, 2.75) is 31.5 Å². The van der Waals surface area contributed by atoms with Crippen LogP contribution in [0.2, 0.25) is 0 Å². The molecule has 0 atom stereocenters. The summed E-state index contributed by atoms with van der Waals surface area (Å²) >= 11 is 1.05. The number of carboxylic acid groups (broad SMARTS) is 1. The number of nitrogens with zero attached hydrogens (tertiary/aromatic N) is 2. The van der Waals surface area contributed by atoms with Gasteiger partial charge in [0.2, 0.25) is 0 Å². The number of carboxylic acids is 1. The molecular weight excluding hydrogens is 270 g/mol. The van der Waals surface area contributed by atoms with E-state index >= 15 is 0 Å². The fourth-order valence-electron chi connectivity index (χ4n) is 2.08. The number of hydrogen-bond donors (Lipinski definition) is 2. The van der Waals surface area contributed by atoms with Crippen LogP contribution in [0.25, 0.3) is 0 Å². The zero-order chi connectivity index (χ0) is 13.9. The largest absolute Gasteiger partial charge is 0.481 e. The molecule has 2 N–H and O–H groups in total. The molecule has 7 nitrogen and oxygen atoms in total. The summed E-state index contributed by atoms with van der Waals surface area (Å²) in [5.41, 5.74) is -0.301.